The van der Waals surface area contributed by atoms with Crippen LogP contribution in [0.3, 0.4) is 0 Å². The molecule has 0 aromatic heterocycles. The Bertz CT molecular complexity index is 892. The van der Waals surface area contributed by atoms with E-state index < -0.39 is 0 Å². The van der Waals surface area contributed by atoms with E-state index in [1.54, 1.807) is 18.2 Å². The van der Waals surface area contributed by atoms with Crippen LogP contribution in [0.5, 0.6) is 0 Å². The number of esters is 1. The number of anilines is 2. The molecule has 0 unspecified atom stereocenters. The van der Waals surface area contributed by atoms with Crippen LogP contribution in [0.4, 0.5) is 11.4 Å². The van der Waals surface area contributed by atoms with Crippen molar-refractivity contribution in [3.63, 3.8) is 0 Å². The number of amides is 2. The van der Waals surface area contributed by atoms with Gasteiger partial charge in [-0.05, 0) is 49.4 Å². The molecule has 6 heteroatoms. The average molecular weight is 437 g/mol. The molecule has 1 aliphatic rings. The molecule has 0 bridgehead atoms. The second-order valence-electron chi connectivity index (χ2n) is 8.26. The second kappa shape index (κ2) is 12.6. The Hall–Kier alpha value is -3.15. The third-order valence-corrected chi connectivity index (χ3v) is 5.66. The zero-order chi connectivity index (χ0) is 22.6. The van der Waals surface area contributed by atoms with Gasteiger partial charge >= 0.3 is 5.97 Å². The first-order chi connectivity index (χ1) is 15.6. The molecule has 0 atom stereocenters. The van der Waals surface area contributed by atoms with Crippen LogP contribution in [0, 0.1) is 5.92 Å². The van der Waals surface area contributed by atoms with E-state index in [-0.39, 0.29) is 36.5 Å². The van der Waals surface area contributed by atoms with Gasteiger partial charge < -0.3 is 15.4 Å². The summed E-state index contributed by atoms with van der Waals surface area (Å²) >= 11 is 0. The summed E-state index contributed by atoms with van der Waals surface area (Å²) in [5.74, 6) is -0.521. The van der Waals surface area contributed by atoms with Gasteiger partial charge in [0, 0.05) is 23.7 Å². The molecule has 0 spiro atoms. The molecular weight excluding hydrogens is 404 g/mol. The maximum Gasteiger partial charge on any atom is 0.306 e. The van der Waals surface area contributed by atoms with E-state index in [4.69, 9.17) is 4.74 Å². The van der Waals surface area contributed by atoms with E-state index in [0.717, 1.165) is 38.5 Å². The van der Waals surface area contributed by atoms with E-state index in [9.17, 15) is 14.4 Å². The zero-order valence-electron chi connectivity index (χ0n) is 18.5. The fourth-order valence-corrected chi connectivity index (χ4v) is 3.90. The van der Waals surface area contributed by atoms with Gasteiger partial charge in [0.25, 0.3) is 0 Å². The van der Waals surface area contributed by atoms with Crippen molar-refractivity contribution in [1.82, 2.24) is 0 Å². The van der Waals surface area contributed by atoms with Crippen LogP contribution in [0.25, 0.3) is 0 Å². The molecule has 170 valence electrons. The van der Waals surface area contributed by atoms with Crippen molar-refractivity contribution in [3.8, 4) is 0 Å². The molecule has 2 aromatic rings. The first-order valence-corrected chi connectivity index (χ1v) is 11.5. The summed E-state index contributed by atoms with van der Waals surface area (Å²) in [4.78, 5) is 36.5. The Balaban J connectivity index is 1.34. The van der Waals surface area contributed by atoms with Gasteiger partial charge in [-0.3, -0.25) is 14.4 Å². The Morgan fingerprint density at radius 3 is 2.31 bits per heavy atom. The van der Waals surface area contributed by atoms with Crippen molar-refractivity contribution in [2.75, 3.05) is 17.2 Å². The van der Waals surface area contributed by atoms with Crippen molar-refractivity contribution >= 4 is 29.2 Å². The largest absolute Gasteiger partial charge is 0.466 e. The lowest BCUT2D eigenvalue weighted by atomic mass is 9.88. The fraction of sp³-hybridized carbons (Fsp3) is 0.423. The van der Waals surface area contributed by atoms with Gasteiger partial charge in [-0.15, -0.1) is 0 Å². The number of carbonyl (C=O) groups excluding carboxylic acids is 3. The summed E-state index contributed by atoms with van der Waals surface area (Å²) in [6.45, 7) is 0.345. The highest BCUT2D eigenvalue weighted by atomic mass is 16.5. The minimum Gasteiger partial charge on any atom is -0.466 e. The maximum absolute atomic E-state index is 12.4. The molecular formula is C26H32N2O4. The van der Waals surface area contributed by atoms with Crippen LogP contribution in [0.15, 0.2) is 54.6 Å². The number of nitrogens with one attached hydrogen (secondary N) is 2. The summed E-state index contributed by atoms with van der Waals surface area (Å²) in [7, 11) is 0. The minimum absolute atomic E-state index is 0.0370. The molecule has 0 heterocycles. The maximum atomic E-state index is 12.4. The van der Waals surface area contributed by atoms with Crippen LogP contribution in [-0.2, 0) is 25.5 Å². The molecule has 1 fully saturated rings. The lowest BCUT2D eigenvalue weighted by Crippen LogP contribution is -2.24. The molecule has 3 rings (SSSR count). The van der Waals surface area contributed by atoms with Gasteiger partial charge in [-0.25, -0.2) is 0 Å². The smallest absolute Gasteiger partial charge is 0.306 e. The second-order valence-corrected chi connectivity index (χ2v) is 8.26. The molecule has 2 N–H and O–H groups in total. The van der Waals surface area contributed by atoms with Crippen molar-refractivity contribution in [2.24, 2.45) is 5.92 Å². The molecule has 1 saturated carbocycles. The van der Waals surface area contributed by atoms with E-state index in [2.05, 4.69) is 10.6 Å². The first-order valence-electron chi connectivity index (χ1n) is 11.5. The van der Waals surface area contributed by atoms with Crippen molar-refractivity contribution < 1.29 is 19.1 Å². The van der Waals surface area contributed by atoms with Crippen LogP contribution in [0.2, 0.25) is 0 Å². The normalized spacial score (nSPS) is 13.9. The van der Waals surface area contributed by atoms with Crippen molar-refractivity contribution in [2.45, 2.75) is 57.8 Å². The van der Waals surface area contributed by atoms with Crippen LogP contribution >= 0.6 is 0 Å². The summed E-state index contributed by atoms with van der Waals surface area (Å²) in [6.07, 6.45) is 6.96. The number of hydrogen-bond donors (Lipinski definition) is 2. The molecule has 0 radical (unpaired) electrons. The van der Waals surface area contributed by atoms with Gasteiger partial charge in [0.2, 0.25) is 11.8 Å². The quantitative estimate of drug-likeness (QED) is 0.401. The van der Waals surface area contributed by atoms with Gasteiger partial charge in [0.05, 0.1) is 13.0 Å². The average Bonchev–Trinajstić information content (AvgIpc) is 2.82. The molecule has 32 heavy (non-hydrogen) atoms. The highest BCUT2D eigenvalue weighted by Crippen LogP contribution is 2.25. The third-order valence-electron chi connectivity index (χ3n) is 5.66. The van der Waals surface area contributed by atoms with Gasteiger partial charge in [0.15, 0.2) is 0 Å². The summed E-state index contributed by atoms with van der Waals surface area (Å²) < 4.78 is 5.22. The molecule has 1 aliphatic carbocycles. The van der Waals surface area contributed by atoms with E-state index in [1.807, 2.05) is 36.4 Å². The standard InChI is InChI=1S/C26H32N2O4/c29-24(16-17-25(30)32-18-8-11-20-9-3-1-4-10-20)27-22-14-7-15-23(19-22)28-26(31)21-12-5-2-6-13-21/h1,3-4,7,9-10,14-15,19,21H,2,5-6,8,11-13,16-18H2,(H,27,29)(H,28,31). The Labute approximate surface area is 189 Å². The first kappa shape index (κ1) is 23.5. The third kappa shape index (κ3) is 8.17. The summed E-state index contributed by atoms with van der Waals surface area (Å²) in [5.41, 5.74) is 2.46. The highest BCUT2D eigenvalue weighted by molar-refractivity contribution is 5.95. The van der Waals surface area contributed by atoms with E-state index >= 15 is 0 Å². The molecule has 2 amide bonds. The van der Waals surface area contributed by atoms with Crippen molar-refractivity contribution in [3.05, 3.63) is 60.2 Å². The van der Waals surface area contributed by atoms with Gasteiger partial charge in [-0.1, -0.05) is 55.7 Å². The lowest BCUT2D eigenvalue weighted by Gasteiger charge is -2.20. The number of carbonyl (C=O) groups is 3. The van der Waals surface area contributed by atoms with Gasteiger partial charge in [-0.2, -0.15) is 0 Å². The van der Waals surface area contributed by atoms with E-state index in [1.165, 1.54) is 12.0 Å². The lowest BCUT2D eigenvalue weighted by molar-refractivity contribution is -0.144. The summed E-state index contributed by atoms with van der Waals surface area (Å²) in [6, 6.07) is 17.1. The molecule has 0 aliphatic heterocycles. The number of ether oxygens (including phenoxy) is 1. The Morgan fingerprint density at radius 1 is 0.844 bits per heavy atom. The fourth-order valence-electron chi connectivity index (χ4n) is 3.90. The SMILES string of the molecule is O=C(CCC(=O)OCCCc1ccccc1)Nc1cccc(NC(=O)C2CCCCC2)c1. The number of rotatable bonds is 10. The Kier molecular flexibility index (Phi) is 9.29. The Morgan fingerprint density at radius 2 is 1.56 bits per heavy atom. The highest BCUT2D eigenvalue weighted by Gasteiger charge is 2.21. The van der Waals surface area contributed by atoms with E-state index in [0.29, 0.717) is 18.0 Å². The predicted molar refractivity (Wildman–Crippen MR) is 125 cm³/mol. The van der Waals surface area contributed by atoms with Crippen LogP contribution < -0.4 is 10.6 Å². The number of aryl methyl sites for hydroxylation is 1. The zero-order valence-corrected chi connectivity index (χ0v) is 18.5. The minimum atomic E-state index is -0.373. The van der Waals surface area contributed by atoms with Gasteiger partial charge in [0.1, 0.15) is 0 Å². The monoisotopic (exact) mass is 436 g/mol. The number of benzene rings is 2. The van der Waals surface area contributed by atoms with Crippen molar-refractivity contribution in [1.29, 1.82) is 0 Å². The molecule has 0 saturated heterocycles. The molecule has 6 nitrogen and oxygen atoms in total. The van der Waals surface area contributed by atoms with Crippen LogP contribution in [-0.4, -0.2) is 24.4 Å². The molecule has 2 aromatic carbocycles. The summed E-state index contributed by atoms with van der Waals surface area (Å²) in [5, 5.41) is 5.73. The van der Waals surface area contributed by atoms with Crippen LogP contribution in [0.1, 0.15) is 56.9 Å². The topological polar surface area (TPSA) is 84.5 Å². The predicted octanol–water partition coefficient (Wildman–Crippen LogP) is 5.10. The number of hydrogen-bond acceptors (Lipinski definition) is 4.